The number of aromatic hydroxyl groups is 1. The van der Waals surface area contributed by atoms with Crippen LogP contribution in [0.15, 0.2) is 12.1 Å². The Morgan fingerprint density at radius 2 is 2.00 bits per heavy atom. The number of amides is 1. The smallest absolute Gasteiger partial charge is 0.410 e. The van der Waals surface area contributed by atoms with Gasteiger partial charge in [-0.1, -0.05) is 0 Å². The summed E-state index contributed by atoms with van der Waals surface area (Å²) in [7, 11) is 1.45. The van der Waals surface area contributed by atoms with Crippen LogP contribution < -0.4 is 4.74 Å². The summed E-state index contributed by atoms with van der Waals surface area (Å²) in [6.45, 7) is 5.61. The summed E-state index contributed by atoms with van der Waals surface area (Å²) >= 11 is 0. The van der Waals surface area contributed by atoms with Crippen LogP contribution in [0.5, 0.6) is 11.5 Å². The number of rotatable bonds is 3. The molecular formula is C17H23NO6. The molecule has 132 valence electrons. The molecule has 1 atom stereocenters. The molecule has 1 aromatic rings. The highest BCUT2D eigenvalue weighted by Crippen LogP contribution is 2.39. The van der Waals surface area contributed by atoms with Crippen LogP contribution >= 0.6 is 0 Å². The van der Waals surface area contributed by atoms with Crippen LogP contribution in [0.3, 0.4) is 0 Å². The molecule has 0 aromatic heterocycles. The number of phenols is 1. The van der Waals surface area contributed by atoms with E-state index in [1.54, 1.807) is 26.8 Å². The van der Waals surface area contributed by atoms with Crippen LogP contribution in [-0.2, 0) is 16.0 Å². The third-order valence-corrected chi connectivity index (χ3v) is 3.79. The van der Waals surface area contributed by atoms with E-state index in [-0.39, 0.29) is 12.2 Å². The van der Waals surface area contributed by atoms with Crippen LogP contribution in [0.25, 0.3) is 0 Å². The van der Waals surface area contributed by atoms with Crippen LogP contribution in [0.2, 0.25) is 0 Å². The Hall–Kier alpha value is -2.44. The van der Waals surface area contributed by atoms with E-state index in [1.165, 1.54) is 18.1 Å². The quantitative estimate of drug-likeness (QED) is 0.880. The zero-order chi connectivity index (χ0) is 18.1. The SMILES string of the molecule is COc1cc2c(cc1O)C(CC(=O)O)N(C(=O)OC(C)(C)C)CC2. The monoisotopic (exact) mass is 337 g/mol. The van der Waals surface area contributed by atoms with Crippen molar-refractivity contribution in [3.05, 3.63) is 23.3 Å². The average molecular weight is 337 g/mol. The molecule has 2 rings (SSSR count). The number of methoxy groups -OCH3 is 1. The lowest BCUT2D eigenvalue weighted by Gasteiger charge is -2.37. The lowest BCUT2D eigenvalue weighted by Crippen LogP contribution is -2.43. The van der Waals surface area contributed by atoms with Crippen molar-refractivity contribution in [2.45, 2.75) is 45.3 Å². The molecule has 1 aliphatic rings. The third-order valence-electron chi connectivity index (χ3n) is 3.79. The number of phenolic OH excluding ortho intramolecular Hbond substituents is 1. The zero-order valence-corrected chi connectivity index (χ0v) is 14.3. The van der Waals surface area contributed by atoms with Gasteiger partial charge >= 0.3 is 12.1 Å². The number of carbonyl (C=O) groups excluding carboxylic acids is 1. The number of aliphatic carboxylic acids is 1. The zero-order valence-electron chi connectivity index (χ0n) is 14.3. The Morgan fingerprint density at radius 3 is 2.54 bits per heavy atom. The van der Waals surface area contributed by atoms with Gasteiger partial charge in [-0.05, 0) is 50.5 Å². The van der Waals surface area contributed by atoms with Gasteiger partial charge in [0.15, 0.2) is 11.5 Å². The Bertz CT molecular complexity index is 649. The van der Waals surface area contributed by atoms with Crippen molar-refractivity contribution >= 4 is 12.1 Å². The number of fused-ring (bicyclic) bond motifs is 1. The molecule has 1 amide bonds. The Morgan fingerprint density at radius 1 is 1.33 bits per heavy atom. The first-order chi connectivity index (χ1) is 11.1. The topological polar surface area (TPSA) is 96.3 Å². The van der Waals surface area contributed by atoms with E-state index in [2.05, 4.69) is 0 Å². The number of nitrogens with zero attached hydrogens (tertiary/aromatic N) is 1. The number of ether oxygens (including phenoxy) is 2. The predicted molar refractivity (Wildman–Crippen MR) is 86.3 cm³/mol. The molecule has 2 N–H and O–H groups in total. The molecule has 1 aliphatic heterocycles. The van der Waals surface area contributed by atoms with Gasteiger partial charge in [0, 0.05) is 6.54 Å². The summed E-state index contributed by atoms with van der Waals surface area (Å²) in [5.41, 5.74) is 0.788. The lowest BCUT2D eigenvalue weighted by molar-refractivity contribution is -0.138. The highest BCUT2D eigenvalue weighted by molar-refractivity contribution is 5.73. The van der Waals surface area contributed by atoms with Gasteiger partial charge in [-0.15, -0.1) is 0 Å². The van der Waals surface area contributed by atoms with Gasteiger partial charge in [-0.2, -0.15) is 0 Å². The summed E-state index contributed by atoms with van der Waals surface area (Å²) in [6.07, 6.45) is -0.297. The van der Waals surface area contributed by atoms with Gasteiger partial charge < -0.3 is 24.6 Å². The van der Waals surface area contributed by atoms with Crippen LogP contribution in [0.4, 0.5) is 4.79 Å². The van der Waals surface area contributed by atoms with E-state index in [9.17, 15) is 19.8 Å². The number of carboxylic acid groups (broad SMARTS) is 1. The fraction of sp³-hybridized carbons (Fsp3) is 0.529. The minimum atomic E-state index is -1.03. The van der Waals surface area contributed by atoms with Gasteiger partial charge in [0.2, 0.25) is 0 Å². The molecule has 1 unspecified atom stereocenters. The van der Waals surface area contributed by atoms with E-state index in [4.69, 9.17) is 9.47 Å². The van der Waals surface area contributed by atoms with Gasteiger partial charge in [0.05, 0.1) is 19.6 Å². The minimum Gasteiger partial charge on any atom is -0.504 e. The summed E-state index contributed by atoms with van der Waals surface area (Å²) in [5, 5.41) is 19.3. The van der Waals surface area contributed by atoms with E-state index < -0.39 is 23.7 Å². The lowest BCUT2D eigenvalue weighted by atomic mass is 9.90. The summed E-state index contributed by atoms with van der Waals surface area (Å²) in [4.78, 5) is 25.1. The van der Waals surface area contributed by atoms with E-state index in [0.717, 1.165) is 5.56 Å². The van der Waals surface area contributed by atoms with Gasteiger partial charge in [0.25, 0.3) is 0 Å². The predicted octanol–water partition coefficient (Wildman–Crippen LogP) is 2.71. The first-order valence-electron chi connectivity index (χ1n) is 7.73. The molecule has 1 heterocycles. The van der Waals surface area contributed by atoms with Crippen LogP contribution in [0, 0.1) is 0 Å². The Labute approximate surface area is 140 Å². The largest absolute Gasteiger partial charge is 0.504 e. The molecular weight excluding hydrogens is 314 g/mol. The highest BCUT2D eigenvalue weighted by Gasteiger charge is 2.35. The normalized spacial score (nSPS) is 17.2. The van der Waals surface area contributed by atoms with Crippen LogP contribution in [0.1, 0.15) is 44.4 Å². The molecule has 1 aromatic carbocycles. The number of carboxylic acids is 1. The molecule has 0 radical (unpaired) electrons. The molecule has 0 saturated heterocycles. The Kier molecular flexibility index (Phi) is 4.91. The van der Waals surface area contributed by atoms with Crippen molar-refractivity contribution in [1.82, 2.24) is 4.90 Å². The Balaban J connectivity index is 2.40. The molecule has 0 bridgehead atoms. The van der Waals surface area contributed by atoms with Crippen molar-refractivity contribution < 1.29 is 29.3 Å². The van der Waals surface area contributed by atoms with Gasteiger partial charge in [-0.25, -0.2) is 4.79 Å². The van der Waals surface area contributed by atoms with Crippen LogP contribution in [-0.4, -0.2) is 46.4 Å². The van der Waals surface area contributed by atoms with Crippen molar-refractivity contribution in [2.75, 3.05) is 13.7 Å². The second-order valence-electron chi connectivity index (χ2n) is 6.76. The summed E-state index contributed by atoms with van der Waals surface area (Å²) in [6, 6.07) is 2.46. The summed E-state index contributed by atoms with van der Waals surface area (Å²) in [5.74, 6) is -0.789. The second-order valence-corrected chi connectivity index (χ2v) is 6.76. The molecule has 0 spiro atoms. The maximum atomic E-state index is 12.4. The molecule has 7 heteroatoms. The second kappa shape index (κ2) is 6.59. The minimum absolute atomic E-state index is 0.0855. The number of hydrogen-bond acceptors (Lipinski definition) is 5. The standard InChI is InChI=1S/C17H23NO6/c1-17(2,3)24-16(22)18-6-5-10-7-14(23-4)13(19)8-11(10)12(18)9-15(20)21/h7-8,12,19H,5-6,9H2,1-4H3,(H,20,21). The molecule has 0 saturated carbocycles. The molecule has 0 fully saturated rings. The maximum absolute atomic E-state index is 12.4. The highest BCUT2D eigenvalue weighted by atomic mass is 16.6. The van der Waals surface area contributed by atoms with Crippen molar-refractivity contribution in [1.29, 1.82) is 0 Å². The first kappa shape index (κ1) is 17.9. The fourth-order valence-electron chi connectivity index (χ4n) is 2.81. The van der Waals surface area contributed by atoms with E-state index in [0.29, 0.717) is 24.3 Å². The number of carbonyl (C=O) groups is 2. The first-order valence-corrected chi connectivity index (χ1v) is 7.73. The number of benzene rings is 1. The van der Waals surface area contributed by atoms with Crippen molar-refractivity contribution in [2.24, 2.45) is 0 Å². The maximum Gasteiger partial charge on any atom is 0.410 e. The average Bonchev–Trinajstić information content (AvgIpc) is 2.44. The third kappa shape index (κ3) is 3.90. The van der Waals surface area contributed by atoms with E-state index >= 15 is 0 Å². The number of hydrogen-bond donors (Lipinski definition) is 2. The molecule has 24 heavy (non-hydrogen) atoms. The fourth-order valence-corrected chi connectivity index (χ4v) is 2.81. The van der Waals surface area contributed by atoms with Gasteiger partial charge in [-0.3, -0.25) is 4.79 Å². The van der Waals surface area contributed by atoms with Crippen molar-refractivity contribution in [3.8, 4) is 11.5 Å². The van der Waals surface area contributed by atoms with Gasteiger partial charge in [0.1, 0.15) is 5.60 Å². The molecule has 0 aliphatic carbocycles. The van der Waals surface area contributed by atoms with E-state index in [1.807, 2.05) is 0 Å². The summed E-state index contributed by atoms with van der Waals surface area (Å²) < 4.78 is 10.5. The van der Waals surface area contributed by atoms with Crippen molar-refractivity contribution in [3.63, 3.8) is 0 Å². The molecule has 7 nitrogen and oxygen atoms in total.